The highest BCUT2D eigenvalue weighted by Crippen LogP contribution is 2.29. The van der Waals surface area contributed by atoms with Gasteiger partial charge in [0.15, 0.2) is 11.5 Å². The van der Waals surface area contributed by atoms with E-state index in [-0.39, 0.29) is 12.1 Å². The molecule has 2 N–H and O–H groups in total. The Morgan fingerprint density at radius 3 is 2.53 bits per heavy atom. The molecule has 0 aliphatic carbocycles. The first-order chi connectivity index (χ1) is 9.14. The van der Waals surface area contributed by atoms with E-state index >= 15 is 0 Å². The van der Waals surface area contributed by atoms with Crippen molar-refractivity contribution in [1.82, 2.24) is 5.32 Å². The minimum atomic E-state index is -0.292. The number of hydrogen-bond acceptors (Lipinski definition) is 3. The summed E-state index contributed by atoms with van der Waals surface area (Å²) >= 11 is 5.72. The highest BCUT2D eigenvalue weighted by molar-refractivity contribution is 6.18. The molecule has 106 valence electrons. The molecule has 5 nitrogen and oxygen atoms in total. The second kappa shape index (κ2) is 7.74. The van der Waals surface area contributed by atoms with Gasteiger partial charge in [-0.05, 0) is 18.6 Å². The summed E-state index contributed by atoms with van der Waals surface area (Å²) in [5.41, 5.74) is 0.625. The molecule has 0 fully saturated rings. The maximum Gasteiger partial charge on any atom is 0.319 e. The highest BCUT2D eigenvalue weighted by atomic mass is 35.5. The maximum atomic E-state index is 11.7. The molecular formula is C13H19ClN2O3. The highest BCUT2D eigenvalue weighted by Gasteiger charge is 2.10. The van der Waals surface area contributed by atoms with E-state index in [9.17, 15) is 4.79 Å². The molecule has 6 heteroatoms. The zero-order valence-corrected chi connectivity index (χ0v) is 12.1. The number of methoxy groups -OCH3 is 2. The van der Waals surface area contributed by atoms with Crippen LogP contribution in [0.1, 0.15) is 13.3 Å². The van der Waals surface area contributed by atoms with Gasteiger partial charge in [-0.25, -0.2) is 4.79 Å². The van der Waals surface area contributed by atoms with Crippen LogP contribution in [0, 0.1) is 0 Å². The number of alkyl halides is 1. The number of amides is 2. The monoisotopic (exact) mass is 286 g/mol. The smallest absolute Gasteiger partial charge is 0.319 e. The Bertz CT molecular complexity index is 422. The molecule has 0 bridgehead atoms. The maximum absolute atomic E-state index is 11.7. The molecule has 0 aromatic heterocycles. The largest absolute Gasteiger partial charge is 0.493 e. The fraction of sp³-hybridized carbons (Fsp3) is 0.462. The Balaban J connectivity index is 2.69. The number of anilines is 1. The first kappa shape index (κ1) is 15.4. The van der Waals surface area contributed by atoms with Crippen molar-refractivity contribution in [3.05, 3.63) is 18.2 Å². The predicted molar refractivity (Wildman–Crippen MR) is 76.5 cm³/mol. The molecule has 0 spiro atoms. The third kappa shape index (κ3) is 4.52. The topological polar surface area (TPSA) is 59.6 Å². The molecule has 0 heterocycles. The standard InChI is InChI=1S/C13H19ClN2O3/c1-4-9(8-14)15-13(17)16-10-5-6-11(18-2)12(7-10)19-3/h5-7,9H,4,8H2,1-3H3,(H2,15,16,17)/t9-/m0/s1. The summed E-state index contributed by atoms with van der Waals surface area (Å²) < 4.78 is 10.3. The van der Waals surface area contributed by atoms with Gasteiger partial charge in [-0.2, -0.15) is 0 Å². The van der Waals surface area contributed by atoms with Crippen molar-refractivity contribution in [2.75, 3.05) is 25.4 Å². The Hall–Kier alpha value is -1.62. The summed E-state index contributed by atoms with van der Waals surface area (Å²) in [7, 11) is 3.10. The fourth-order valence-corrected chi connectivity index (χ4v) is 1.81. The van der Waals surface area contributed by atoms with Crippen LogP contribution in [0.3, 0.4) is 0 Å². The van der Waals surface area contributed by atoms with Crippen LogP contribution in [0.5, 0.6) is 11.5 Å². The lowest BCUT2D eigenvalue weighted by Gasteiger charge is -2.15. The Kier molecular flexibility index (Phi) is 6.29. The number of halogens is 1. The van der Waals surface area contributed by atoms with Crippen molar-refractivity contribution >= 4 is 23.3 Å². The summed E-state index contributed by atoms with van der Waals surface area (Å²) in [6, 6.07) is 4.83. The van der Waals surface area contributed by atoms with Gasteiger partial charge in [-0.1, -0.05) is 6.92 Å². The summed E-state index contributed by atoms with van der Waals surface area (Å²) in [5.74, 6) is 1.56. The van der Waals surface area contributed by atoms with E-state index in [1.807, 2.05) is 6.92 Å². The SMILES string of the molecule is CC[C@@H](CCl)NC(=O)Nc1ccc(OC)c(OC)c1. The molecular weight excluding hydrogens is 268 g/mol. The molecule has 0 aliphatic heterocycles. The van der Waals surface area contributed by atoms with Crippen molar-refractivity contribution in [2.45, 2.75) is 19.4 Å². The minimum Gasteiger partial charge on any atom is -0.493 e. The summed E-state index contributed by atoms with van der Waals surface area (Å²) in [5, 5.41) is 5.50. The van der Waals surface area contributed by atoms with Gasteiger partial charge >= 0.3 is 6.03 Å². The van der Waals surface area contributed by atoms with Gasteiger partial charge in [-0.15, -0.1) is 11.6 Å². The Morgan fingerprint density at radius 1 is 1.32 bits per heavy atom. The molecule has 0 unspecified atom stereocenters. The Labute approximate surface area is 118 Å². The molecule has 0 radical (unpaired) electrons. The van der Waals surface area contributed by atoms with E-state index in [0.29, 0.717) is 23.1 Å². The lowest BCUT2D eigenvalue weighted by molar-refractivity contribution is 0.249. The van der Waals surface area contributed by atoms with Gasteiger partial charge in [0.25, 0.3) is 0 Å². The number of carbonyl (C=O) groups excluding carboxylic acids is 1. The number of carbonyl (C=O) groups is 1. The number of rotatable bonds is 6. The van der Waals surface area contributed by atoms with Crippen LogP contribution in [0.25, 0.3) is 0 Å². The van der Waals surface area contributed by atoms with Gasteiger partial charge in [0.05, 0.1) is 14.2 Å². The first-order valence-corrected chi connectivity index (χ1v) is 6.53. The quantitative estimate of drug-likeness (QED) is 0.791. The van der Waals surface area contributed by atoms with Crippen LogP contribution in [-0.2, 0) is 0 Å². The summed E-state index contributed by atoms with van der Waals surface area (Å²) in [6.07, 6.45) is 0.781. The molecule has 0 saturated heterocycles. The third-order valence-corrected chi connectivity index (χ3v) is 3.03. The average Bonchev–Trinajstić information content (AvgIpc) is 2.44. The van der Waals surface area contributed by atoms with Crippen molar-refractivity contribution in [3.63, 3.8) is 0 Å². The average molecular weight is 287 g/mol. The van der Waals surface area contributed by atoms with Gasteiger partial charge < -0.3 is 20.1 Å². The van der Waals surface area contributed by atoms with Crippen LogP contribution in [-0.4, -0.2) is 32.2 Å². The molecule has 0 saturated carbocycles. The van der Waals surface area contributed by atoms with Crippen LogP contribution in [0.2, 0.25) is 0 Å². The molecule has 2 amide bonds. The van der Waals surface area contributed by atoms with Gasteiger partial charge in [0.1, 0.15) is 0 Å². The number of nitrogens with one attached hydrogen (secondary N) is 2. The molecule has 1 aromatic rings. The lowest BCUT2D eigenvalue weighted by Crippen LogP contribution is -2.38. The number of ether oxygens (including phenoxy) is 2. The van der Waals surface area contributed by atoms with Crippen molar-refractivity contribution in [3.8, 4) is 11.5 Å². The van der Waals surface area contributed by atoms with Crippen LogP contribution in [0.15, 0.2) is 18.2 Å². The van der Waals surface area contributed by atoms with Gasteiger partial charge in [0, 0.05) is 23.7 Å². The van der Waals surface area contributed by atoms with E-state index < -0.39 is 0 Å². The van der Waals surface area contributed by atoms with E-state index in [1.165, 1.54) is 0 Å². The minimum absolute atomic E-state index is 0.0400. The van der Waals surface area contributed by atoms with Crippen LogP contribution < -0.4 is 20.1 Å². The molecule has 1 aromatic carbocycles. The van der Waals surface area contributed by atoms with Crippen molar-refractivity contribution < 1.29 is 14.3 Å². The third-order valence-electron chi connectivity index (χ3n) is 2.66. The molecule has 0 aliphatic rings. The van der Waals surface area contributed by atoms with Crippen molar-refractivity contribution in [2.24, 2.45) is 0 Å². The van der Waals surface area contributed by atoms with Gasteiger partial charge in [0.2, 0.25) is 0 Å². The number of benzene rings is 1. The second-order valence-electron chi connectivity index (χ2n) is 3.93. The van der Waals surface area contributed by atoms with E-state index in [4.69, 9.17) is 21.1 Å². The van der Waals surface area contributed by atoms with Gasteiger partial charge in [-0.3, -0.25) is 0 Å². The summed E-state index contributed by atoms with van der Waals surface area (Å²) in [6.45, 7) is 1.96. The summed E-state index contributed by atoms with van der Waals surface area (Å²) in [4.78, 5) is 11.7. The number of urea groups is 1. The second-order valence-corrected chi connectivity index (χ2v) is 4.24. The predicted octanol–water partition coefficient (Wildman–Crippen LogP) is 2.84. The fourth-order valence-electron chi connectivity index (χ4n) is 1.52. The molecule has 19 heavy (non-hydrogen) atoms. The van der Waals surface area contributed by atoms with Crippen molar-refractivity contribution in [1.29, 1.82) is 0 Å². The number of hydrogen-bond donors (Lipinski definition) is 2. The van der Waals surface area contributed by atoms with E-state index in [0.717, 1.165) is 6.42 Å². The van der Waals surface area contributed by atoms with E-state index in [2.05, 4.69) is 10.6 Å². The normalized spacial score (nSPS) is 11.6. The lowest BCUT2D eigenvalue weighted by atomic mass is 10.2. The van der Waals surface area contributed by atoms with Crippen LogP contribution >= 0.6 is 11.6 Å². The van der Waals surface area contributed by atoms with E-state index in [1.54, 1.807) is 32.4 Å². The zero-order chi connectivity index (χ0) is 14.3. The van der Waals surface area contributed by atoms with Crippen LogP contribution in [0.4, 0.5) is 10.5 Å². The first-order valence-electron chi connectivity index (χ1n) is 6.00. The molecule has 1 rings (SSSR count). The zero-order valence-electron chi connectivity index (χ0n) is 11.3. The Morgan fingerprint density at radius 2 is 2.00 bits per heavy atom. The molecule has 1 atom stereocenters.